The molecule has 3 N–H and O–H groups in total. The van der Waals surface area contributed by atoms with Crippen molar-refractivity contribution in [1.29, 1.82) is 0 Å². The zero-order chi connectivity index (χ0) is 15.6. The maximum atomic E-state index is 12.3. The number of hydrogen-bond acceptors (Lipinski definition) is 3. The second-order valence-electron chi connectivity index (χ2n) is 6.19. The van der Waals surface area contributed by atoms with Gasteiger partial charge in [0.1, 0.15) is 0 Å². The summed E-state index contributed by atoms with van der Waals surface area (Å²) in [6.07, 6.45) is 1.17. The second-order valence-corrected chi connectivity index (χ2v) is 6.60. The third-order valence-corrected chi connectivity index (χ3v) is 4.73. The van der Waals surface area contributed by atoms with Gasteiger partial charge in [0.15, 0.2) is 0 Å². The molecule has 2 unspecified atom stereocenters. The van der Waals surface area contributed by atoms with Gasteiger partial charge < -0.3 is 11.1 Å². The molecule has 5 heteroatoms. The Morgan fingerprint density at radius 3 is 2.71 bits per heavy atom. The van der Waals surface area contributed by atoms with Crippen LogP contribution in [-0.4, -0.2) is 29.9 Å². The van der Waals surface area contributed by atoms with E-state index in [0.717, 1.165) is 13.1 Å². The van der Waals surface area contributed by atoms with Crippen LogP contribution >= 0.6 is 11.6 Å². The summed E-state index contributed by atoms with van der Waals surface area (Å²) in [6, 6.07) is 5.02. The number of nitrogen functional groups attached to an aromatic ring is 1. The Balaban J connectivity index is 1.95. The molecule has 4 nitrogen and oxygen atoms in total. The summed E-state index contributed by atoms with van der Waals surface area (Å²) in [5.41, 5.74) is 6.92. The summed E-state index contributed by atoms with van der Waals surface area (Å²) in [5, 5.41) is 3.41. The summed E-state index contributed by atoms with van der Waals surface area (Å²) in [7, 11) is 0. The number of hydrogen-bond donors (Lipinski definition) is 2. The molecular formula is C16H24ClN3O. The number of likely N-dealkylation sites (tertiary alicyclic amines) is 1. The Bertz CT molecular complexity index is 518. The van der Waals surface area contributed by atoms with Gasteiger partial charge in [0, 0.05) is 12.2 Å². The molecule has 2 atom stereocenters. The Kier molecular flexibility index (Phi) is 5.12. The van der Waals surface area contributed by atoms with Crippen LogP contribution in [0.15, 0.2) is 18.2 Å². The topological polar surface area (TPSA) is 58.4 Å². The van der Waals surface area contributed by atoms with Gasteiger partial charge in [0.05, 0.1) is 16.8 Å². The van der Waals surface area contributed by atoms with Crippen molar-refractivity contribution in [2.75, 3.05) is 24.1 Å². The van der Waals surface area contributed by atoms with Crippen LogP contribution in [0, 0.1) is 11.8 Å². The lowest BCUT2D eigenvalue weighted by Gasteiger charge is -2.24. The van der Waals surface area contributed by atoms with Crippen molar-refractivity contribution in [1.82, 2.24) is 4.90 Å². The first-order chi connectivity index (χ1) is 9.88. The summed E-state index contributed by atoms with van der Waals surface area (Å²) in [4.78, 5) is 14.6. The molecule has 1 aliphatic rings. The Labute approximate surface area is 131 Å². The van der Waals surface area contributed by atoms with Crippen molar-refractivity contribution in [3.63, 3.8) is 0 Å². The highest BCUT2D eigenvalue weighted by Gasteiger charge is 2.30. The predicted octanol–water partition coefficient (Wildman–Crippen LogP) is 3.23. The van der Waals surface area contributed by atoms with Gasteiger partial charge in [-0.15, -0.1) is 0 Å². The fourth-order valence-corrected chi connectivity index (χ4v) is 2.86. The van der Waals surface area contributed by atoms with Crippen molar-refractivity contribution >= 4 is 28.9 Å². The molecule has 1 aliphatic heterocycles. The molecule has 21 heavy (non-hydrogen) atoms. The number of nitrogens with one attached hydrogen (secondary N) is 1. The number of carbonyl (C=O) groups excluding carboxylic acids is 1. The van der Waals surface area contributed by atoms with Gasteiger partial charge in [0.2, 0.25) is 5.91 Å². The van der Waals surface area contributed by atoms with Gasteiger partial charge in [-0.05, 0) is 49.9 Å². The zero-order valence-corrected chi connectivity index (χ0v) is 13.7. The minimum atomic E-state index is -0.134. The molecule has 116 valence electrons. The van der Waals surface area contributed by atoms with E-state index < -0.39 is 0 Å². The third kappa shape index (κ3) is 3.89. The molecule has 0 saturated carbocycles. The molecule has 0 aromatic heterocycles. The molecule has 1 amide bonds. The Morgan fingerprint density at radius 2 is 2.14 bits per heavy atom. The lowest BCUT2D eigenvalue weighted by atomic mass is 9.95. The van der Waals surface area contributed by atoms with E-state index in [1.807, 2.05) is 6.92 Å². The number of rotatable bonds is 4. The van der Waals surface area contributed by atoms with Crippen LogP contribution in [0.4, 0.5) is 11.4 Å². The highest BCUT2D eigenvalue weighted by atomic mass is 35.5. The maximum absolute atomic E-state index is 12.3. The molecule has 0 spiro atoms. The van der Waals surface area contributed by atoms with E-state index >= 15 is 0 Å². The van der Waals surface area contributed by atoms with Gasteiger partial charge in [0.25, 0.3) is 0 Å². The average Bonchev–Trinajstić information content (AvgIpc) is 2.92. The fraction of sp³-hybridized carbons (Fsp3) is 0.562. The minimum absolute atomic E-state index is 0.00104. The highest BCUT2D eigenvalue weighted by molar-refractivity contribution is 6.33. The lowest BCUT2D eigenvalue weighted by Crippen LogP contribution is -2.40. The van der Waals surface area contributed by atoms with Crippen molar-refractivity contribution < 1.29 is 4.79 Å². The van der Waals surface area contributed by atoms with Crippen molar-refractivity contribution in [2.24, 2.45) is 11.8 Å². The van der Waals surface area contributed by atoms with Crippen LogP contribution in [-0.2, 0) is 4.79 Å². The Hall–Kier alpha value is -1.26. The molecule has 0 bridgehead atoms. The molecule has 1 heterocycles. The standard InChI is InChI=1S/C16H24ClN3O/c1-10(2)12-6-7-20(9-12)11(3)16(21)19-13-4-5-14(17)15(18)8-13/h4-5,8,10-12H,6-7,9,18H2,1-3H3,(H,19,21). The van der Waals surface area contributed by atoms with E-state index in [4.69, 9.17) is 17.3 Å². The maximum Gasteiger partial charge on any atom is 0.241 e. The van der Waals surface area contributed by atoms with E-state index in [2.05, 4.69) is 24.1 Å². The number of nitrogens with two attached hydrogens (primary N) is 1. The number of amides is 1. The smallest absolute Gasteiger partial charge is 0.241 e. The zero-order valence-electron chi connectivity index (χ0n) is 12.9. The van der Waals surface area contributed by atoms with E-state index in [1.165, 1.54) is 6.42 Å². The quantitative estimate of drug-likeness (QED) is 0.840. The largest absolute Gasteiger partial charge is 0.397 e. The van der Waals surface area contributed by atoms with Gasteiger partial charge in [-0.25, -0.2) is 0 Å². The molecular weight excluding hydrogens is 286 g/mol. The normalized spacial score (nSPS) is 20.7. The summed E-state index contributed by atoms with van der Waals surface area (Å²) >= 11 is 5.88. The third-order valence-electron chi connectivity index (χ3n) is 4.39. The molecule has 0 radical (unpaired) electrons. The number of anilines is 2. The van der Waals surface area contributed by atoms with Gasteiger partial charge in [-0.1, -0.05) is 25.4 Å². The van der Waals surface area contributed by atoms with Crippen LogP contribution in [0.2, 0.25) is 5.02 Å². The molecule has 2 rings (SSSR count). The predicted molar refractivity (Wildman–Crippen MR) is 88.5 cm³/mol. The lowest BCUT2D eigenvalue weighted by molar-refractivity contribution is -0.120. The molecule has 0 aliphatic carbocycles. The van der Waals surface area contributed by atoms with Crippen LogP contribution in [0.1, 0.15) is 27.2 Å². The first-order valence-electron chi connectivity index (χ1n) is 7.48. The highest BCUT2D eigenvalue weighted by Crippen LogP contribution is 2.26. The van der Waals surface area contributed by atoms with Crippen LogP contribution in [0.25, 0.3) is 0 Å². The second kappa shape index (κ2) is 6.67. The van der Waals surface area contributed by atoms with Crippen LogP contribution < -0.4 is 11.1 Å². The molecule has 1 aromatic rings. The van der Waals surface area contributed by atoms with E-state index in [0.29, 0.717) is 28.2 Å². The number of halogens is 1. The number of benzene rings is 1. The average molecular weight is 310 g/mol. The first-order valence-corrected chi connectivity index (χ1v) is 7.86. The van der Waals surface area contributed by atoms with Gasteiger partial charge in [-0.3, -0.25) is 9.69 Å². The summed E-state index contributed by atoms with van der Waals surface area (Å²) < 4.78 is 0. The molecule has 1 saturated heterocycles. The molecule has 1 fully saturated rings. The summed E-state index contributed by atoms with van der Waals surface area (Å²) in [6.45, 7) is 8.43. The van der Waals surface area contributed by atoms with Gasteiger partial charge in [-0.2, -0.15) is 0 Å². The number of nitrogens with zero attached hydrogens (tertiary/aromatic N) is 1. The van der Waals surface area contributed by atoms with Crippen LogP contribution in [0.3, 0.4) is 0 Å². The monoisotopic (exact) mass is 309 g/mol. The number of carbonyl (C=O) groups is 1. The van der Waals surface area contributed by atoms with Gasteiger partial charge >= 0.3 is 0 Å². The van der Waals surface area contributed by atoms with Crippen LogP contribution in [0.5, 0.6) is 0 Å². The Morgan fingerprint density at radius 1 is 1.43 bits per heavy atom. The van der Waals surface area contributed by atoms with Crippen molar-refractivity contribution in [3.05, 3.63) is 23.2 Å². The first kappa shape index (κ1) is 16.1. The van der Waals surface area contributed by atoms with E-state index in [-0.39, 0.29) is 11.9 Å². The van der Waals surface area contributed by atoms with E-state index in [9.17, 15) is 4.79 Å². The van der Waals surface area contributed by atoms with Crippen molar-refractivity contribution in [2.45, 2.75) is 33.2 Å². The fourth-order valence-electron chi connectivity index (χ4n) is 2.75. The SMILES string of the molecule is CC(C)C1CCN(C(C)C(=O)Nc2ccc(Cl)c(N)c2)C1. The van der Waals surface area contributed by atoms with Crippen molar-refractivity contribution in [3.8, 4) is 0 Å². The minimum Gasteiger partial charge on any atom is -0.397 e. The van der Waals surface area contributed by atoms with E-state index in [1.54, 1.807) is 18.2 Å². The summed E-state index contributed by atoms with van der Waals surface area (Å²) in [5.74, 6) is 1.36. The molecule has 1 aromatic carbocycles.